The van der Waals surface area contributed by atoms with Gasteiger partial charge in [0.25, 0.3) is 0 Å². The van der Waals surface area contributed by atoms with Crippen molar-refractivity contribution >= 4 is 73.1 Å². The summed E-state index contributed by atoms with van der Waals surface area (Å²) in [5.41, 5.74) is 2.31. The number of carbonyl (C=O) groups excluding carboxylic acids is 4. The van der Waals surface area contributed by atoms with Crippen LogP contribution in [0.15, 0.2) is 48.5 Å². The molecule has 4 aliphatic heterocycles. The zero-order chi connectivity index (χ0) is 54.8. The van der Waals surface area contributed by atoms with E-state index in [0.717, 1.165) is 25.7 Å². The Balaban J connectivity index is 0.000000328. The first kappa shape index (κ1) is 66.4. The number of nitrogens with one attached hydrogen (secondary N) is 4. The monoisotopic (exact) mass is 1110 g/mol. The number of carbonyl (C=O) groups is 4. The molecule has 4 N–H and O–H groups in total. The van der Waals surface area contributed by atoms with Crippen LogP contribution in [0.3, 0.4) is 0 Å². The van der Waals surface area contributed by atoms with E-state index in [9.17, 15) is 29.4 Å². The number of hydrogen-bond donors (Lipinski definition) is 4. The van der Waals surface area contributed by atoms with E-state index in [1.54, 1.807) is 48.5 Å². The quantitative estimate of drug-likeness (QED) is 0.0382. The van der Waals surface area contributed by atoms with Crippen LogP contribution in [0.25, 0.3) is 0 Å². The number of fused-ring (bicyclic) bond motifs is 2. The average molecular weight is 1110 g/mol. The number of ether oxygens (including phenoxy) is 8. The summed E-state index contributed by atoms with van der Waals surface area (Å²) >= 11 is 0. The topological polar surface area (TPSA) is 236 Å². The second-order valence-electron chi connectivity index (χ2n) is 21.5. The minimum absolute atomic E-state index is 0. The zero-order valence-corrected chi connectivity index (χ0v) is 49.3. The summed E-state index contributed by atoms with van der Waals surface area (Å²) in [6.45, 7) is 13.6. The minimum atomic E-state index is -1.15. The standard InChI is InChI=1S/2C29H46N2O7.Ca/c2*1-4-5-6-7-8-9-10-11-12-13-18-35-27-26-25(37-29(2,3)38-26)23(36-27)20-30-28(34)31-22-16-14-21(15-17-22)19-24(32)33;/h2*14-17,23,25-27H,4-13,18-20H2,1-3H3,(H,32,33)(H2,30,31,34);/q;;+2/p-2/t2*23-,25+,26+,27+;/m11./s1. The third kappa shape index (κ3) is 25.0. The number of aliphatic carboxylic acids is 2. The molecule has 4 aliphatic rings. The summed E-state index contributed by atoms with van der Waals surface area (Å²) in [6.07, 6.45) is 21.7. The number of amides is 4. The maximum absolute atomic E-state index is 12.4. The van der Waals surface area contributed by atoms with E-state index >= 15 is 0 Å². The number of carboxylic acid groups (broad SMARTS) is 2. The Bertz CT molecular complexity index is 1870. The molecule has 0 aromatic heterocycles. The van der Waals surface area contributed by atoms with Crippen molar-refractivity contribution in [1.82, 2.24) is 10.6 Å². The number of hydrogen-bond acceptors (Lipinski definition) is 14. The fraction of sp³-hybridized carbons (Fsp3) is 0.724. The maximum Gasteiger partial charge on any atom is 2.00 e. The normalized spacial score (nSPS) is 23.5. The van der Waals surface area contributed by atoms with Gasteiger partial charge in [-0.05, 0) is 75.9 Å². The summed E-state index contributed by atoms with van der Waals surface area (Å²) in [5.74, 6) is -3.78. The van der Waals surface area contributed by atoms with Crippen molar-refractivity contribution in [3.63, 3.8) is 0 Å². The van der Waals surface area contributed by atoms with E-state index in [-0.39, 0.29) is 88.1 Å². The van der Waals surface area contributed by atoms with Gasteiger partial charge in [-0.25, -0.2) is 9.59 Å². The van der Waals surface area contributed by atoms with Crippen LogP contribution in [0.4, 0.5) is 21.0 Å². The van der Waals surface area contributed by atoms with Crippen LogP contribution in [0.1, 0.15) is 181 Å². The Morgan fingerprint density at radius 1 is 0.468 bits per heavy atom. The molecule has 18 nitrogen and oxygen atoms in total. The fourth-order valence-electron chi connectivity index (χ4n) is 9.94. The molecule has 19 heteroatoms. The molecule has 2 aromatic carbocycles. The number of benzene rings is 2. The van der Waals surface area contributed by atoms with Crippen molar-refractivity contribution in [2.24, 2.45) is 0 Å². The first-order valence-electron chi connectivity index (χ1n) is 28.5. The van der Waals surface area contributed by atoms with Crippen molar-refractivity contribution < 1.29 is 67.3 Å². The molecule has 4 saturated heterocycles. The van der Waals surface area contributed by atoms with Crippen LogP contribution in [-0.2, 0) is 60.3 Å². The second-order valence-corrected chi connectivity index (χ2v) is 21.5. The number of anilines is 2. The molecule has 2 aromatic rings. The predicted octanol–water partition coefficient (Wildman–Crippen LogP) is 8.19. The largest absolute Gasteiger partial charge is 2.00 e. The number of rotatable bonds is 34. The molecule has 4 heterocycles. The molecule has 77 heavy (non-hydrogen) atoms. The van der Waals surface area contributed by atoms with E-state index in [1.165, 1.54) is 103 Å². The van der Waals surface area contributed by atoms with Crippen molar-refractivity contribution in [2.45, 2.75) is 244 Å². The van der Waals surface area contributed by atoms with Gasteiger partial charge in [-0.1, -0.05) is 154 Å². The van der Waals surface area contributed by atoms with Crippen LogP contribution >= 0.6 is 0 Å². The van der Waals surface area contributed by atoms with Gasteiger partial charge >= 0.3 is 49.8 Å². The van der Waals surface area contributed by atoms with Gasteiger partial charge in [0, 0.05) is 62.5 Å². The van der Waals surface area contributed by atoms with E-state index in [1.807, 2.05) is 27.7 Å². The van der Waals surface area contributed by atoms with Crippen molar-refractivity contribution in [2.75, 3.05) is 36.9 Å². The summed E-state index contributed by atoms with van der Waals surface area (Å²) in [7, 11) is 0. The average Bonchev–Trinajstić information content (AvgIpc) is 4.10. The molecule has 0 aliphatic carbocycles. The second kappa shape index (κ2) is 35.6. The molecule has 6 rings (SSSR count). The molecule has 0 unspecified atom stereocenters. The van der Waals surface area contributed by atoms with Crippen molar-refractivity contribution in [3.05, 3.63) is 59.7 Å². The first-order chi connectivity index (χ1) is 36.5. The van der Waals surface area contributed by atoms with Crippen LogP contribution < -0.4 is 31.5 Å². The van der Waals surface area contributed by atoms with E-state index in [2.05, 4.69) is 35.1 Å². The van der Waals surface area contributed by atoms with Crippen LogP contribution in [0, 0.1) is 0 Å². The molecule has 428 valence electrons. The summed E-state index contributed by atoms with van der Waals surface area (Å²) in [5, 5.41) is 32.5. The maximum atomic E-state index is 12.4. The van der Waals surface area contributed by atoms with E-state index in [0.29, 0.717) is 35.7 Å². The van der Waals surface area contributed by atoms with Gasteiger partial charge in [0.05, 0.1) is 0 Å². The van der Waals surface area contributed by atoms with E-state index in [4.69, 9.17) is 37.9 Å². The van der Waals surface area contributed by atoms with Gasteiger partial charge in [0.2, 0.25) is 0 Å². The van der Waals surface area contributed by atoms with Gasteiger partial charge in [-0.3, -0.25) is 0 Å². The Labute approximate surface area is 488 Å². The molecule has 0 saturated carbocycles. The molecular formula is C58H90CaN4O14. The predicted molar refractivity (Wildman–Crippen MR) is 291 cm³/mol. The molecule has 8 atom stereocenters. The van der Waals surface area contributed by atoms with Gasteiger partial charge in [-0.2, -0.15) is 0 Å². The van der Waals surface area contributed by atoms with Crippen LogP contribution in [0.5, 0.6) is 0 Å². The summed E-state index contributed by atoms with van der Waals surface area (Å²) in [4.78, 5) is 46.3. The fourth-order valence-corrected chi connectivity index (χ4v) is 9.94. The molecule has 4 amide bonds. The molecule has 4 fully saturated rings. The third-order valence-electron chi connectivity index (χ3n) is 13.8. The Hall–Kier alpha value is -3.14. The van der Waals surface area contributed by atoms with Crippen molar-refractivity contribution in [1.29, 1.82) is 0 Å². The van der Waals surface area contributed by atoms with Gasteiger partial charge < -0.3 is 79.0 Å². The van der Waals surface area contributed by atoms with E-state index < -0.39 is 60.4 Å². The van der Waals surface area contributed by atoms with Crippen LogP contribution in [0.2, 0.25) is 0 Å². The van der Waals surface area contributed by atoms with Gasteiger partial charge in [-0.15, -0.1) is 0 Å². The smallest absolute Gasteiger partial charge is 0.550 e. The molecule has 0 bridgehead atoms. The Morgan fingerprint density at radius 3 is 1.08 bits per heavy atom. The third-order valence-corrected chi connectivity index (χ3v) is 13.8. The minimum Gasteiger partial charge on any atom is -0.550 e. The number of urea groups is 2. The summed E-state index contributed by atoms with van der Waals surface area (Å²) in [6, 6.07) is 12.3. The SMILES string of the molecule is CCCCCCCCCCCCO[C@H]1O[C@H](CNC(=O)Nc2ccc(CC(=O)[O-])cc2)[C@@H]2OC(C)(C)O[C@H]12.CCCCCCCCCCCCO[C@H]1O[C@H](CNC(=O)Nc2ccc(CC(=O)[O-])cc2)[C@@H]2OC(C)(C)O[C@H]12.[Ca+2]. The Morgan fingerprint density at radius 2 is 0.766 bits per heavy atom. The Kier molecular flexibility index (Phi) is 30.7. The summed E-state index contributed by atoms with van der Waals surface area (Å²) < 4.78 is 48.5. The number of carboxylic acids is 2. The van der Waals surface area contributed by atoms with Gasteiger partial charge in [0.1, 0.15) is 36.6 Å². The molecule has 0 spiro atoms. The zero-order valence-electron chi connectivity index (χ0n) is 47.0. The first-order valence-corrected chi connectivity index (χ1v) is 28.5. The number of unbranched alkanes of at least 4 members (excludes halogenated alkanes) is 18. The van der Waals surface area contributed by atoms with Crippen LogP contribution in [-0.4, -0.2) is 149 Å². The van der Waals surface area contributed by atoms with Crippen molar-refractivity contribution in [3.8, 4) is 0 Å². The molecular weight excluding hydrogens is 1020 g/mol. The van der Waals surface area contributed by atoms with Gasteiger partial charge in [0.15, 0.2) is 24.2 Å². The molecule has 0 radical (unpaired) electrons.